The van der Waals surface area contributed by atoms with Crippen molar-refractivity contribution in [2.45, 2.75) is 117 Å². The number of thiazole rings is 1. The minimum absolute atomic E-state index is 0.103. The molecule has 7 nitrogen and oxygen atoms in total. The van der Waals surface area contributed by atoms with Crippen molar-refractivity contribution >= 4 is 62.4 Å². The van der Waals surface area contributed by atoms with Gasteiger partial charge in [0, 0.05) is 72.7 Å². The van der Waals surface area contributed by atoms with Gasteiger partial charge in [-0.2, -0.15) is 0 Å². The minimum Gasteiger partial charge on any atom is -0.388 e. The molecule has 2 rings (SSSR count). The molecule has 0 spiro atoms. The first-order valence-electron chi connectivity index (χ1n) is 18.9. The summed E-state index contributed by atoms with van der Waals surface area (Å²) in [7, 11) is 5.74. The monoisotopic (exact) mass is 806 g/mol. The molecule has 2 N–H and O–H groups in total. The van der Waals surface area contributed by atoms with Gasteiger partial charge < -0.3 is 20.3 Å². The van der Waals surface area contributed by atoms with E-state index in [1.165, 1.54) is 23.5 Å². The van der Waals surface area contributed by atoms with Gasteiger partial charge in [0.15, 0.2) is 5.12 Å². The Morgan fingerprint density at radius 3 is 2.30 bits per heavy atom. The number of carbonyl (C=O) groups excluding carboxylic acids is 3. The van der Waals surface area contributed by atoms with Gasteiger partial charge in [-0.1, -0.05) is 87.9 Å². The van der Waals surface area contributed by atoms with Crippen molar-refractivity contribution in [1.29, 1.82) is 0 Å². The largest absolute Gasteiger partial charge is 0.388 e. The smallest absolute Gasteiger partial charge is 0.270 e. The molecule has 5 atom stereocenters. The highest BCUT2D eigenvalue weighted by Gasteiger charge is 2.29. The Hall–Kier alpha value is -2.28. The maximum Gasteiger partial charge on any atom is 0.270 e. The van der Waals surface area contributed by atoms with Crippen molar-refractivity contribution in [2.24, 2.45) is 17.8 Å². The van der Waals surface area contributed by atoms with Gasteiger partial charge >= 0.3 is 0 Å². The molecule has 0 aliphatic rings. The Bertz CT molecular complexity index is 1450. The molecule has 0 saturated heterocycles. The lowest BCUT2D eigenvalue weighted by Crippen LogP contribution is -2.38. The summed E-state index contributed by atoms with van der Waals surface area (Å²) in [6.45, 7) is 21.7. The van der Waals surface area contributed by atoms with Crippen molar-refractivity contribution < 1.29 is 18.8 Å². The molecule has 1 heterocycles. The van der Waals surface area contributed by atoms with Crippen molar-refractivity contribution in [3.05, 3.63) is 76.3 Å². The van der Waals surface area contributed by atoms with Crippen LogP contribution in [-0.4, -0.2) is 63.9 Å². The van der Waals surface area contributed by atoms with E-state index in [2.05, 4.69) is 83.0 Å². The summed E-state index contributed by atoms with van der Waals surface area (Å²) in [5, 5.41) is 8.91. The zero-order valence-electron chi connectivity index (χ0n) is 32.9. The lowest BCUT2D eigenvalue weighted by molar-refractivity contribution is -0.117. The van der Waals surface area contributed by atoms with Gasteiger partial charge in [0.05, 0.1) is 5.01 Å². The standard InChI is InChI=1S/C41H63FN4O3S4/c1-10-28(4)21-31(7)46(9)38(27(2)3)25-34(23-32(8)47)41-45-37(26-51-41)40(49)44-36(24-33-11-13-35(42)14-12-33)22-29(5)16-19-52-53-20-17-30(6)43-18-15-39(48)50/h11-14,26-29,34,36,38,43H,6-7,10,15-25H2,1-5,8-9H3,(H,44,49)(H,48,50). The number of hydrogen-bond acceptors (Lipinski definition) is 9. The molecule has 1 aromatic heterocycles. The van der Waals surface area contributed by atoms with Gasteiger partial charge in [-0.05, 0) is 80.9 Å². The van der Waals surface area contributed by atoms with Crippen LogP contribution in [0.25, 0.3) is 0 Å². The zero-order valence-corrected chi connectivity index (χ0v) is 36.3. The summed E-state index contributed by atoms with van der Waals surface area (Å²) in [5.41, 5.74) is 3.35. The fourth-order valence-corrected chi connectivity index (χ4v) is 9.56. The third kappa shape index (κ3) is 18.7. The van der Waals surface area contributed by atoms with E-state index in [0.29, 0.717) is 49.3 Å². The molecule has 0 bridgehead atoms. The molecule has 1 aromatic carbocycles. The summed E-state index contributed by atoms with van der Waals surface area (Å²) >= 11 is 5.24. The van der Waals surface area contributed by atoms with Crippen LogP contribution in [0.15, 0.2) is 54.2 Å². The summed E-state index contributed by atoms with van der Waals surface area (Å²) in [4.78, 5) is 44.3. The van der Waals surface area contributed by atoms with Crippen LogP contribution >= 0.6 is 45.6 Å². The SMILES string of the molecule is C=C(CCSSCCC(C)CC(Cc1ccc(F)cc1)NC(=O)c1csc(C(CC(C)=O)CC(C(C)C)N(C)C(=C)CC(C)CC)n1)NCCC(=O)S. The topological polar surface area (TPSA) is 91.4 Å². The maximum atomic E-state index is 13.7. The van der Waals surface area contributed by atoms with Crippen LogP contribution in [0, 0.1) is 23.6 Å². The number of rotatable bonds is 28. The summed E-state index contributed by atoms with van der Waals surface area (Å²) in [6, 6.07) is 6.48. The number of Topliss-reactive ketones (excluding diaryl/α,β-unsaturated/α-hetero) is 1. The Kier molecular flexibility index (Phi) is 22.1. The maximum absolute atomic E-state index is 13.7. The molecular weight excluding hydrogens is 744 g/mol. The second kappa shape index (κ2) is 25.0. The summed E-state index contributed by atoms with van der Waals surface area (Å²) in [5.74, 6) is 2.61. The number of allylic oxidation sites excluding steroid dienone is 2. The normalized spacial score (nSPS) is 14.2. The van der Waals surface area contributed by atoms with Crippen molar-refractivity contribution in [3.8, 4) is 0 Å². The zero-order chi connectivity index (χ0) is 39.5. The van der Waals surface area contributed by atoms with Crippen LogP contribution in [0.5, 0.6) is 0 Å². The average molecular weight is 807 g/mol. The van der Waals surface area contributed by atoms with Crippen molar-refractivity contribution in [2.75, 3.05) is 25.1 Å². The van der Waals surface area contributed by atoms with E-state index in [0.717, 1.165) is 72.0 Å². The molecule has 296 valence electrons. The van der Waals surface area contributed by atoms with Gasteiger partial charge in [-0.15, -0.1) is 24.0 Å². The highest BCUT2D eigenvalue weighted by Crippen LogP contribution is 2.34. The van der Waals surface area contributed by atoms with Crippen LogP contribution in [0.3, 0.4) is 0 Å². The molecule has 53 heavy (non-hydrogen) atoms. The number of benzene rings is 1. The number of hydrogen-bond donors (Lipinski definition) is 3. The first kappa shape index (κ1) is 46.9. The number of amides is 1. The van der Waals surface area contributed by atoms with Gasteiger partial charge in [-0.25, -0.2) is 9.37 Å². The highest BCUT2D eigenvalue weighted by molar-refractivity contribution is 8.76. The third-order valence-corrected chi connectivity index (χ3v) is 13.3. The number of thiol groups is 1. The van der Waals surface area contributed by atoms with Crippen LogP contribution in [0.2, 0.25) is 0 Å². The Labute approximate surface area is 336 Å². The molecular formula is C41H63FN4O3S4. The fourth-order valence-electron chi connectivity index (χ4n) is 6.22. The van der Waals surface area contributed by atoms with Crippen LogP contribution in [0.4, 0.5) is 4.39 Å². The van der Waals surface area contributed by atoms with E-state index in [1.54, 1.807) is 29.9 Å². The molecule has 0 saturated carbocycles. The van der Waals surface area contributed by atoms with E-state index < -0.39 is 0 Å². The van der Waals surface area contributed by atoms with E-state index in [1.807, 2.05) is 16.2 Å². The van der Waals surface area contributed by atoms with Crippen LogP contribution < -0.4 is 10.6 Å². The number of ketones is 1. The Morgan fingerprint density at radius 2 is 1.68 bits per heavy atom. The predicted octanol–water partition coefficient (Wildman–Crippen LogP) is 10.1. The van der Waals surface area contributed by atoms with Crippen molar-refractivity contribution in [1.82, 2.24) is 20.5 Å². The van der Waals surface area contributed by atoms with E-state index in [4.69, 9.17) is 4.98 Å². The van der Waals surface area contributed by atoms with Gasteiger partial charge in [0.1, 0.15) is 17.3 Å². The lowest BCUT2D eigenvalue weighted by Gasteiger charge is -2.37. The fraction of sp³-hybridized carbons (Fsp3) is 0.610. The quantitative estimate of drug-likeness (QED) is 0.0445. The Morgan fingerprint density at radius 1 is 1.00 bits per heavy atom. The molecule has 12 heteroatoms. The molecule has 5 unspecified atom stereocenters. The first-order chi connectivity index (χ1) is 25.1. The molecule has 1 amide bonds. The number of halogens is 1. The molecule has 2 aromatic rings. The predicted molar refractivity (Wildman–Crippen MR) is 229 cm³/mol. The number of nitrogens with one attached hydrogen (secondary N) is 2. The summed E-state index contributed by atoms with van der Waals surface area (Å²) < 4.78 is 13.7. The second-order valence-corrected chi connectivity index (χ2v) is 18.9. The second-order valence-electron chi connectivity index (χ2n) is 14.8. The summed E-state index contributed by atoms with van der Waals surface area (Å²) in [6.07, 6.45) is 6.69. The van der Waals surface area contributed by atoms with Gasteiger partial charge in [-0.3, -0.25) is 9.59 Å². The molecule has 0 aliphatic carbocycles. The lowest BCUT2D eigenvalue weighted by atomic mass is 9.88. The minimum atomic E-state index is -0.287. The number of nitrogens with zero attached hydrogens (tertiary/aromatic N) is 2. The van der Waals surface area contributed by atoms with Gasteiger partial charge in [0.25, 0.3) is 5.91 Å². The molecule has 0 radical (unpaired) electrons. The molecule has 0 fully saturated rings. The van der Waals surface area contributed by atoms with E-state index in [-0.39, 0.29) is 40.6 Å². The molecule has 0 aliphatic heterocycles. The third-order valence-electron chi connectivity index (χ3n) is 9.61. The van der Waals surface area contributed by atoms with E-state index >= 15 is 0 Å². The highest BCUT2D eigenvalue weighted by atomic mass is 33.1. The van der Waals surface area contributed by atoms with Crippen LogP contribution in [-0.2, 0) is 16.0 Å². The van der Waals surface area contributed by atoms with Crippen LogP contribution in [0.1, 0.15) is 120 Å². The van der Waals surface area contributed by atoms with Crippen molar-refractivity contribution in [3.63, 3.8) is 0 Å². The average Bonchev–Trinajstić information content (AvgIpc) is 3.59. The van der Waals surface area contributed by atoms with E-state index in [9.17, 15) is 18.8 Å². The number of carbonyl (C=O) groups is 3. The Balaban J connectivity index is 2.08. The first-order valence-corrected chi connectivity index (χ1v) is 22.7. The number of aromatic nitrogens is 1. The van der Waals surface area contributed by atoms with Gasteiger partial charge in [0.2, 0.25) is 0 Å².